The minimum atomic E-state index is -0.239. The summed E-state index contributed by atoms with van der Waals surface area (Å²) < 4.78 is 10.3. The SMILES string of the molecule is CCOC(=O)C1CCCN(C(=O)/C=C/c2cc(Cl)ccc2OC)C1. The van der Waals surface area contributed by atoms with Crippen LogP contribution in [-0.4, -0.2) is 43.6 Å². The molecule has 1 fully saturated rings. The third kappa shape index (κ3) is 4.74. The van der Waals surface area contributed by atoms with Crippen LogP contribution in [0.25, 0.3) is 6.08 Å². The number of hydrogen-bond donors (Lipinski definition) is 0. The van der Waals surface area contributed by atoms with E-state index < -0.39 is 0 Å². The van der Waals surface area contributed by atoms with E-state index in [1.165, 1.54) is 6.08 Å². The van der Waals surface area contributed by atoms with Crippen LogP contribution in [-0.2, 0) is 14.3 Å². The maximum atomic E-state index is 12.4. The third-order valence-electron chi connectivity index (χ3n) is 3.95. The van der Waals surface area contributed by atoms with Crippen molar-refractivity contribution >= 4 is 29.6 Å². The van der Waals surface area contributed by atoms with Gasteiger partial charge in [-0.3, -0.25) is 9.59 Å². The number of amides is 1. The third-order valence-corrected chi connectivity index (χ3v) is 4.19. The number of methoxy groups -OCH3 is 1. The molecule has 0 bridgehead atoms. The molecule has 1 aromatic carbocycles. The number of nitrogens with zero attached hydrogens (tertiary/aromatic N) is 1. The highest BCUT2D eigenvalue weighted by molar-refractivity contribution is 6.30. The number of benzene rings is 1. The van der Waals surface area contributed by atoms with Gasteiger partial charge in [0.2, 0.25) is 5.91 Å². The van der Waals surface area contributed by atoms with Gasteiger partial charge in [0.1, 0.15) is 5.75 Å². The van der Waals surface area contributed by atoms with Gasteiger partial charge in [0.25, 0.3) is 0 Å². The summed E-state index contributed by atoms with van der Waals surface area (Å²) in [5.41, 5.74) is 0.734. The summed E-state index contributed by atoms with van der Waals surface area (Å²) in [6.45, 7) is 3.18. The number of carbonyl (C=O) groups is 2. The van der Waals surface area contributed by atoms with E-state index >= 15 is 0 Å². The Morgan fingerprint density at radius 3 is 2.92 bits per heavy atom. The average molecular weight is 352 g/mol. The van der Waals surface area contributed by atoms with Crippen LogP contribution in [0.4, 0.5) is 0 Å². The van der Waals surface area contributed by atoms with Gasteiger partial charge in [-0.05, 0) is 44.0 Å². The van der Waals surface area contributed by atoms with Crippen LogP contribution < -0.4 is 4.74 Å². The second-order valence-corrected chi connectivity index (χ2v) is 6.03. The van der Waals surface area contributed by atoms with Crippen LogP contribution in [0.5, 0.6) is 5.75 Å². The van der Waals surface area contributed by atoms with Gasteiger partial charge >= 0.3 is 5.97 Å². The van der Waals surface area contributed by atoms with E-state index in [1.54, 1.807) is 43.2 Å². The highest BCUT2D eigenvalue weighted by Gasteiger charge is 2.28. The van der Waals surface area contributed by atoms with E-state index in [0.717, 1.165) is 18.4 Å². The van der Waals surface area contributed by atoms with E-state index in [9.17, 15) is 9.59 Å². The lowest BCUT2D eigenvalue weighted by Gasteiger charge is -2.30. The van der Waals surface area contributed by atoms with E-state index in [0.29, 0.717) is 30.5 Å². The van der Waals surface area contributed by atoms with Crippen molar-refractivity contribution in [1.29, 1.82) is 0 Å². The van der Waals surface area contributed by atoms with Crippen molar-refractivity contribution in [1.82, 2.24) is 4.90 Å². The molecule has 0 radical (unpaired) electrons. The molecule has 1 aliphatic heterocycles. The summed E-state index contributed by atoms with van der Waals surface area (Å²) in [5, 5.41) is 0.572. The van der Waals surface area contributed by atoms with Gasteiger partial charge in [0.05, 0.1) is 19.6 Å². The summed E-state index contributed by atoms with van der Waals surface area (Å²) in [7, 11) is 1.57. The predicted octanol–water partition coefficient (Wildman–Crippen LogP) is 3.16. The van der Waals surface area contributed by atoms with Crippen LogP contribution in [0.2, 0.25) is 5.02 Å². The normalized spacial score (nSPS) is 17.8. The Morgan fingerprint density at radius 1 is 1.42 bits per heavy atom. The van der Waals surface area contributed by atoms with Crippen molar-refractivity contribution in [2.45, 2.75) is 19.8 Å². The van der Waals surface area contributed by atoms with Crippen LogP contribution in [0.15, 0.2) is 24.3 Å². The first-order valence-electron chi connectivity index (χ1n) is 8.02. The Balaban J connectivity index is 2.04. The molecule has 0 spiro atoms. The smallest absolute Gasteiger partial charge is 0.310 e. The fourth-order valence-electron chi connectivity index (χ4n) is 2.73. The molecular weight excluding hydrogens is 330 g/mol. The molecule has 130 valence electrons. The van der Waals surface area contributed by atoms with Gasteiger partial charge in [-0.25, -0.2) is 0 Å². The van der Waals surface area contributed by atoms with Crippen LogP contribution in [0.3, 0.4) is 0 Å². The fraction of sp³-hybridized carbons (Fsp3) is 0.444. The van der Waals surface area contributed by atoms with Crippen LogP contribution in [0.1, 0.15) is 25.3 Å². The Morgan fingerprint density at radius 2 is 2.21 bits per heavy atom. The number of piperidine rings is 1. The largest absolute Gasteiger partial charge is 0.496 e. The standard InChI is InChI=1S/C18H22ClNO4/c1-3-24-18(22)14-5-4-10-20(12-14)17(21)9-6-13-11-15(19)7-8-16(13)23-2/h6-9,11,14H,3-5,10,12H2,1-2H3/b9-6+. The molecule has 6 heteroatoms. The lowest BCUT2D eigenvalue weighted by atomic mass is 9.98. The van der Waals surface area contributed by atoms with Gasteiger partial charge in [0, 0.05) is 29.8 Å². The number of carbonyl (C=O) groups excluding carboxylic acids is 2. The minimum Gasteiger partial charge on any atom is -0.496 e. The molecule has 0 aromatic heterocycles. The number of esters is 1. The highest BCUT2D eigenvalue weighted by Crippen LogP contribution is 2.24. The number of ether oxygens (including phenoxy) is 2. The quantitative estimate of drug-likeness (QED) is 0.604. The van der Waals surface area contributed by atoms with Crippen molar-refractivity contribution < 1.29 is 19.1 Å². The van der Waals surface area contributed by atoms with Gasteiger partial charge in [-0.15, -0.1) is 0 Å². The molecule has 1 saturated heterocycles. The highest BCUT2D eigenvalue weighted by atomic mass is 35.5. The maximum Gasteiger partial charge on any atom is 0.310 e. The summed E-state index contributed by atoms with van der Waals surface area (Å²) in [6, 6.07) is 5.22. The zero-order valence-corrected chi connectivity index (χ0v) is 14.7. The maximum absolute atomic E-state index is 12.4. The van der Waals surface area contributed by atoms with Gasteiger partial charge < -0.3 is 14.4 Å². The van der Waals surface area contributed by atoms with Crippen molar-refractivity contribution in [3.63, 3.8) is 0 Å². The first-order valence-corrected chi connectivity index (χ1v) is 8.40. The van der Waals surface area contributed by atoms with Crippen LogP contribution in [0, 0.1) is 5.92 Å². The Labute approximate surface area is 147 Å². The van der Waals surface area contributed by atoms with E-state index in [-0.39, 0.29) is 17.8 Å². The van der Waals surface area contributed by atoms with Gasteiger partial charge in [-0.2, -0.15) is 0 Å². The Kier molecular flexibility index (Phi) is 6.67. The van der Waals surface area contributed by atoms with Gasteiger partial charge in [0.15, 0.2) is 0 Å². The van der Waals surface area contributed by atoms with E-state index in [1.807, 2.05) is 0 Å². The molecule has 1 unspecified atom stereocenters. The molecule has 5 nitrogen and oxygen atoms in total. The summed E-state index contributed by atoms with van der Waals surface area (Å²) in [6.07, 6.45) is 4.72. The second-order valence-electron chi connectivity index (χ2n) is 5.60. The summed E-state index contributed by atoms with van der Waals surface area (Å²) >= 11 is 5.99. The van der Waals surface area contributed by atoms with Crippen molar-refractivity contribution in [2.24, 2.45) is 5.92 Å². The molecular formula is C18H22ClNO4. The molecule has 0 saturated carbocycles. The van der Waals surface area contributed by atoms with Crippen molar-refractivity contribution in [3.05, 3.63) is 34.9 Å². The van der Waals surface area contributed by atoms with Crippen molar-refractivity contribution in [3.8, 4) is 5.75 Å². The molecule has 1 amide bonds. The molecule has 24 heavy (non-hydrogen) atoms. The monoisotopic (exact) mass is 351 g/mol. The number of hydrogen-bond acceptors (Lipinski definition) is 4. The molecule has 0 N–H and O–H groups in total. The molecule has 1 atom stereocenters. The predicted molar refractivity (Wildman–Crippen MR) is 93.0 cm³/mol. The molecule has 1 heterocycles. The van der Waals surface area contributed by atoms with Gasteiger partial charge in [-0.1, -0.05) is 11.6 Å². The first-order chi connectivity index (χ1) is 11.5. The number of rotatable bonds is 5. The fourth-order valence-corrected chi connectivity index (χ4v) is 2.91. The van der Waals surface area contributed by atoms with E-state index in [2.05, 4.69) is 0 Å². The Bertz CT molecular complexity index is 629. The Hall–Kier alpha value is -2.01. The topological polar surface area (TPSA) is 55.8 Å². The first kappa shape index (κ1) is 18.3. The second kappa shape index (κ2) is 8.73. The molecule has 1 aromatic rings. The van der Waals surface area contributed by atoms with Crippen LogP contribution >= 0.6 is 11.6 Å². The summed E-state index contributed by atoms with van der Waals surface area (Å²) in [4.78, 5) is 25.9. The number of likely N-dealkylation sites (tertiary alicyclic amines) is 1. The zero-order chi connectivity index (χ0) is 17.5. The number of halogens is 1. The molecule has 2 rings (SSSR count). The lowest BCUT2D eigenvalue weighted by Crippen LogP contribution is -2.42. The average Bonchev–Trinajstić information content (AvgIpc) is 2.60. The molecule has 0 aliphatic carbocycles. The summed E-state index contributed by atoms with van der Waals surface area (Å²) in [5.74, 6) is 0.0461. The zero-order valence-electron chi connectivity index (χ0n) is 14.0. The molecule has 1 aliphatic rings. The van der Waals surface area contributed by atoms with E-state index in [4.69, 9.17) is 21.1 Å². The minimum absolute atomic E-state index is 0.133. The lowest BCUT2D eigenvalue weighted by molar-refractivity contribution is -0.150. The van der Waals surface area contributed by atoms with Crippen molar-refractivity contribution in [2.75, 3.05) is 26.8 Å².